The fourth-order valence-electron chi connectivity index (χ4n) is 2.42. The van der Waals surface area contributed by atoms with E-state index in [1.54, 1.807) is 0 Å². The van der Waals surface area contributed by atoms with E-state index in [2.05, 4.69) is 0 Å². The van der Waals surface area contributed by atoms with Gasteiger partial charge < -0.3 is 29.7 Å². The molecule has 0 spiro atoms. The van der Waals surface area contributed by atoms with Gasteiger partial charge in [0.1, 0.15) is 0 Å². The maximum Gasteiger partial charge on any atom is 0.0599 e. The van der Waals surface area contributed by atoms with Crippen LogP contribution in [0.4, 0.5) is 0 Å². The van der Waals surface area contributed by atoms with Gasteiger partial charge in [0.15, 0.2) is 0 Å². The third kappa shape index (κ3) is 1.87. The van der Waals surface area contributed by atoms with E-state index in [1.165, 1.54) is 20.8 Å². The summed E-state index contributed by atoms with van der Waals surface area (Å²) in [7, 11) is 0. The van der Waals surface area contributed by atoms with Gasteiger partial charge in [-0.2, -0.15) is 0 Å². The van der Waals surface area contributed by atoms with E-state index >= 15 is 0 Å². The van der Waals surface area contributed by atoms with Gasteiger partial charge in [0.05, 0.1) is 17.4 Å². The van der Waals surface area contributed by atoms with Gasteiger partial charge in [0.25, 0.3) is 0 Å². The highest BCUT2D eigenvalue weighted by Gasteiger charge is 2.51. The summed E-state index contributed by atoms with van der Waals surface area (Å²) < 4.78 is 0. The van der Waals surface area contributed by atoms with E-state index in [4.69, 9.17) is 0 Å². The largest absolute Gasteiger partial charge is 0.550 e. The molecular formula is C11H15O6-3. The maximum absolute atomic E-state index is 11.2. The molecule has 0 amide bonds. The van der Waals surface area contributed by atoms with Crippen LogP contribution in [0, 0.1) is 10.8 Å². The quantitative estimate of drug-likeness (QED) is 0.453. The highest BCUT2D eigenvalue weighted by atomic mass is 16.4. The van der Waals surface area contributed by atoms with Crippen molar-refractivity contribution in [2.75, 3.05) is 0 Å². The summed E-state index contributed by atoms with van der Waals surface area (Å²) in [6.45, 7) is 4.07. The first-order chi connectivity index (χ1) is 7.76. The van der Waals surface area contributed by atoms with Crippen molar-refractivity contribution in [2.24, 2.45) is 10.8 Å². The number of aliphatic carboxylic acids is 3. The van der Waals surface area contributed by atoms with E-state index in [0.29, 0.717) is 0 Å². The summed E-state index contributed by atoms with van der Waals surface area (Å²) in [5.41, 5.74) is -4.60. The highest BCUT2D eigenvalue weighted by molar-refractivity contribution is 6.02. The standard InChI is InChI=1S/C11H18O6/c1-4-10(5-2,7(12)13)11(6-3,8(14)15)9(16)17/h4-6H2,1-3H3,(H,12,13)(H,14,15)(H,16,17)/p-3. The second-order valence-corrected chi connectivity index (χ2v) is 3.91. The first-order valence-electron chi connectivity index (χ1n) is 5.41. The Hall–Kier alpha value is -1.59. The van der Waals surface area contributed by atoms with Crippen LogP contribution in [0.3, 0.4) is 0 Å². The number of carboxylic acids is 3. The summed E-state index contributed by atoms with van der Waals surface area (Å²) in [6.07, 6.45) is -0.823. The van der Waals surface area contributed by atoms with Crippen LogP contribution in [0.1, 0.15) is 40.0 Å². The van der Waals surface area contributed by atoms with Crippen LogP contribution >= 0.6 is 0 Å². The predicted molar refractivity (Wildman–Crippen MR) is 50.8 cm³/mol. The van der Waals surface area contributed by atoms with Crippen molar-refractivity contribution >= 4 is 17.9 Å². The number of hydrogen-bond donors (Lipinski definition) is 0. The van der Waals surface area contributed by atoms with Gasteiger partial charge >= 0.3 is 0 Å². The molecule has 0 fully saturated rings. The Balaban J connectivity index is 6.13. The lowest BCUT2D eigenvalue weighted by Crippen LogP contribution is -2.66. The predicted octanol–water partition coefficient (Wildman–Crippen LogP) is -2.56. The van der Waals surface area contributed by atoms with Crippen LogP contribution in [-0.2, 0) is 14.4 Å². The molecule has 0 atom stereocenters. The summed E-state index contributed by atoms with van der Waals surface area (Å²) >= 11 is 0. The molecule has 0 unspecified atom stereocenters. The Morgan fingerprint density at radius 2 is 1.12 bits per heavy atom. The molecule has 6 nitrogen and oxygen atoms in total. The average Bonchev–Trinajstić information content (AvgIpc) is 2.24. The first-order valence-corrected chi connectivity index (χ1v) is 5.41. The number of hydrogen-bond acceptors (Lipinski definition) is 6. The molecule has 0 aliphatic carbocycles. The van der Waals surface area contributed by atoms with E-state index < -0.39 is 35.2 Å². The van der Waals surface area contributed by atoms with Crippen LogP contribution in [0.15, 0.2) is 0 Å². The zero-order valence-electron chi connectivity index (χ0n) is 10.1. The Labute approximate surface area is 99.3 Å². The molecule has 0 N–H and O–H groups in total. The van der Waals surface area contributed by atoms with Gasteiger partial charge in [0.2, 0.25) is 0 Å². The van der Waals surface area contributed by atoms with Crippen molar-refractivity contribution in [3.8, 4) is 0 Å². The highest BCUT2D eigenvalue weighted by Crippen LogP contribution is 2.46. The smallest absolute Gasteiger partial charge is 0.0599 e. The Morgan fingerprint density at radius 1 is 0.765 bits per heavy atom. The van der Waals surface area contributed by atoms with Crippen LogP contribution < -0.4 is 15.3 Å². The minimum Gasteiger partial charge on any atom is -0.550 e. The third-order valence-corrected chi connectivity index (χ3v) is 3.64. The molecule has 0 aromatic heterocycles. The van der Waals surface area contributed by atoms with Crippen LogP contribution in [0.2, 0.25) is 0 Å². The topological polar surface area (TPSA) is 120 Å². The molecular weight excluding hydrogens is 228 g/mol. The summed E-state index contributed by atoms with van der Waals surface area (Å²) in [5, 5.41) is 33.5. The molecule has 0 aromatic carbocycles. The zero-order chi connectivity index (χ0) is 13.9. The lowest BCUT2D eigenvalue weighted by Gasteiger charge is -2.51. The van der Waals surface area contributed by atoms with Crippen molar-refractivity contribution in [2.45, 2.75) is 40.0 Å². The molecule has 6 heteroatoms. The molecule has 0 heterocycles. The van der Waals surface area contributed by atoms with Gasteiger partial charge in [-0.3, -0.25) is 0 Å². The second kappa shape index (κ2) is 5.16. The third-order valence-electron chi connectivity index (χ3n) is 3.64. The summed E-state index contributed by atoms with van der Waals surface area (Å²) in [4.78, 5) is 33.5. The van der Waals surface area contributed by atoms with Crippen molar-refractivity contribution in [3.63, 3.8) is 0 Å². The van der Waals surface area contributed by atoms with Crippen molar-refractivity contribution in [1.29, 1.82) is 0 Å². The Morgan fingerprint density at radius 3 is 1.18 bits per heavy atom. The lowest BCUT2D eigenvalue weighted by molar-refractivity contribution is -0.365. The van der Waals surface area contributed by atoms with Gasteiger partial charge in [-0.1, -0.05) is 20.8 Å². The molecule has 0 bridgehead atoms. The molecule has 0 rings (SSSR count). The van der Waals surface area contributed by atoms with Gasteiger partial charge in [0, 0.05) is 11.4 Å². The minimum absolute atomic E-state index is 0.193. The van der Waals surface area contributed by atoms with Crippen molar-refractivity contribution in [3.05, 3.63) is 0 Å². The number of carboxylic acid groups (broad SMARTS) is 3. The van der Waals surface area contributed by atoms with Gasteiger partial charge in [-0.05, 0) is 19.3 Å². The minimum atomic E-state index is -2.57. The number of rotatable bonds is 7. The average molecular weight is 243 g/mol. The van der Waals surface area contributed by atoms with E-state index in [-0.39, 0.29) is 12.8 Å². The van der Waals surface area contributed by atoms with Crippen LogP contribution in [0.5, 0.6) is 0 Å². The second-order valence-electron chi connectivity index (χ2n) is 3.91. The van der Waals surface area contributed by atoms with Crippen molar-refractivity contribution in [1.82, 2.24) is 0 Å². The molecule has 0 saturated carbocycles. The maximum atomic E-state index is 11.2. The zero-order valence-corrected chi connectivity index (χ0v) is 10.1. The number of carbonyl (C=O) groups excluding carboxylic acids is 3. The SMILES string of the molecule is CCC(CC)(C(=O)[O-])C(CC)(C(=O)[O-])C(=O)[O-]. The van der Waals surface area contributed by atoms with Gasteiger partial charge in [-0.25, -0.2) is 0 Å². The van der Waals surface area contributed by atoms with Crippen LogP contribution in [-0.4, -0.2) is 17.9 Å². The molecule has 0 aliphatic rings. The Kier molecular flexibility index (Phi) is 4.68. The molecule has 0 saturated heterocycles. The first kappa shape index (κ1) is 15.4. The molecule has 98 valence electrons. The number of carbonyl (C=O) groups is 3. The van der Waals surface area contributed by atoms with Gasteiger partial charge in [-0.15, -0.1) is 0 Å². The molecule has 0 aromatic rings. The van der Waals surface area contributed by atoms with E-state index in [9.17, 15) is 29.7 Å². The van der Waals surface area contributed by atoms with Crippen molar-refractivity contribution < 1.29 is 29.7 Å². The molecule has 0 aliphatic heterocycles. The monoisotopic (exact) mass is 243 g/mol. The Bertz CT molecular complexity index is 315. The summed E-state index contributed by atoms with van der Waals surface area (Å²) in [5.74, 6) is -5.61. The lowest BCUT2D eigenvalue weighted by atomic mass is 9.58. The van der Waals surface area contributed by atoms with E-state index in [0.717, 1.165) is 0 Å². The fraction of sp³-hybridized carbons (Fsp3) is 0.727. The summed E-state index contributed by atoms with van der Waals surface area (Å²) in [6, 6.07) is 0. The van der Waals surface area contributed by atoms with Crippen LogP contribution in [0.25, 0.3) is 0 Å². The normalized spacial score (nSPS) is 12.2. The molecule has 17 heavy (non-hydrogen) atoms. The fourth-order valence-corrected chi connectivity index (χ4v) is 2.42. The molecule has 0 radical (unpaired) electrons. The van der Waals surface area contributed by atoms with E-state index in [1.807, 2.05) is 0 Å².